The van der Waals surface area contributed by atoms with Crippen LogP contribution < -0.4 is 0 Å². The quantitative estimate of drug-likeness (QED) is 0.549. The van der Waals surface area contributed by atoms with Crippen molar-refractivity contribution in [2.45, 2.75) is 33.0 Å². The van der Waals surface area contributed by atoms with Crippen molar-refractivity contribution < 1.29 is 14.3 Å². The highest BCUT2D eigenvalue weighted by Crippen LogP contribution is 2.28. The van der Waals surface area contributed by atoms with E-state index in [0.29, 0.717) is 6.61 Å². The van der Waals surface area contributed by atoms with Crippen molar-refractivity contribution in [3.05, 3.63) is 59.6 Å². The van der Waals surface area contributed by atoms with Crippen molar-refractivity contribution in [3.8, 4) is 16.3 Å². The normalized spacial score (nSPS) is 11.0. The molecule has 0 bridgehead atoms. The van der Waals surface area contributed by atoms with E-state index in [2.05, 4.69) is 0 Å². The van der Waals surface area contributed by atoms with E-state index in [1.807, 2.05) is 72.6 Å². The molecule has 0 saturated carbocycles. The van der Waals surface area contributed by atoms with E-state index in [-0.39, 0.29) is 25.1 Å². The minimum Gasteiger partial charge on any atom is -0.461 e. The lowest BCUT2D eigenvalue weighted by Gasteiger charge is -2.07. The third-order valence-corrected chi connectivity index (χ3v) is 4.59. The van der Waals surface area contributed by atoms with Crippen molar-refractivity contribution in [3.63, 3.8) is 0 Å². The lowest BCUT2D eigenvalue weighted by atomic mass is 10.2. The summed E-state index contributed by atoms with van der Waals surface area (Å²) in [5, 5.41) is 6.71. The van der Waals surface area contributed by atoms with Crippen LogP contribution >= 0.6 is 11.3 Å². The van der Waals surface area contributed by atoms with E-state index >= 15 is 0 Å². The molecule has 0 aliphatic heterocycles. The molecule has 26 heavy (non-hydrogen) atoms. The average Bonchev–Trinajstić information content (AvgIpc) is 3.30. The highest BCUT2D eigenvalue weighted by atomic mass is 32.1. The summed E-state index contributed by atoms with van der Waals surface area (Å²) in [5.41, 5.74) is 2.69. The lowest BCUT2D eigenvalue weighted by Crippen LogP contribution is -2.11. The molecule has 6 heteroatoms. The van der Waals surface area contributed by atoms with Gasteiger partial charge in [-0.2, -0.15) is 5.10 Å². The van der Waals surface area contributed by atoms with E-state index in [1.54, 1.807) is 11.3 Å². The van der Waals surface area contributed by atoms with Gasteiger partial charge in [0.2, 0.25) is 0 Å². The maximum atomic E-state index is 11.9. The van der Waals surface area contributed by atoms with Gasteiger partial charge >= 0.3 is 5.97 Å². The van der Waals surface area contributed by atoms with Crippen molar-refractivity contribution in [2.24, 2.45) is 0 Å². The fourth-order valence-corrected chi connectivity index (χ4v) is 3.20. The summed E-state index contributed by atoms with van der Waals surface area (Å²) in [4.78, 5) is 13.0. The Morgan fingerprint density at radius 3 is 2.69 bits per heavy atom. The summed E-state index contributed by atoms with van der Waals surface area (Å²) in [6.07, 6.45) is 2.28. The van der Waals surface area contributed by atoms with Crippen LogP contribution in [0.1, 0.15) is 25.8 Å². The molecule has 2 heterocycles. The molecule has 0 radical (unpaired) electrons. The third-order valence-electron chi connectivity index (χ3n) is 3.71. The van der Waals surface area contributed by atoms with Crippen molar-refractivity contribution in [1.29, 1.82) is 0 Å². The van der Waals surface area contributed by atoms with Crippen LogP contribution in [0.15, 0.2) is 54.0 Å². The van der Waals surface area contributed by atoms with Crippen LogP contribution in [0.3, 0.4) is 0 Å². The molecule has 0 spiro atoms. The lowest BCUT2D eigenvalue weighted by molar-refractivity contribution is -0.146. The highest BCUT2D eigenvalue weighted by Gasteiger charge is 2.15. The molecule has 5 nitrogen and oxygen atoms in total. The SMILES string of the molecule is CC(C)OCCC(=O)OCc1cn(-c2ccccc2)nc1-c1cccs1. The van der Waals surface area contributed by atoms with E-state index < -0.39 is 0 Å². The summed E-state index contributed by atoms with van der Waals surface area (Å²) in [5.74, 6) is -0.268. The fourth-order valence-electron chi connectivity index (χ4n) is 2.46. The molecule has 3 aromatic rings. The smallest absolute Gasteiger partial charge is 0.308 e. The number of hydrogen-bond donors (Lipinski definition) is 0. The Balaban J connectivity index is 1.73. The molecular weight excluding hydrogens is 348 g/mol. The van der Waals surface area contributed by atoms with Gasteiger partial charge in [0, 0.05) is 11.8 Å². The number of benzene rings is 1. The van der Waals surface area contributed by atoms with E-state index in [4.69, 9.17) is 14.6 Å². The van der Waals surface area contributed by atoms with Crippen LogP contribution in [-0.4, -0.2) is 28.5 Å². The number of carbonyl (C=O) groups is 1. The topological polar surface area (TPSA) is 53.4 Å². The molecule has 0 amide bonds. The first-order chi connectivity index (χ1) is 12.6. The van der Waals surface area contributed by atoms with E-state index in [9.17, 15) is 4.79 Å². The van der Waals surface area contributed by atoms with Gasteiger partial charge in [0.05, 0.1) is 29.7 Å². The summed E-state index contributed by atoms with van der Waals surface area (Å²) in [6, 6.07) is 13.9. The molecular formula is C20H22N2O3S. The molecule has 136 valence electrons. The van der Waals surface area contributed by atoms with Gasteiger partial charge in [0.15, 0.2) is 0 Å². The van der Waals surface area contributed by atoms with Gasteiger partial charge in [-0.1, -0.05) is 24.3 Å². The van der Waals surface area contributed by atoms with Gasteiger partial charge in [0.1, 0.15) is 12.3 Å². The van der Waals surface area contributed by atoms with Crippen molar-refractivity contribution >= 4 is 17.3 Å². The van der Waals surface area contributed by atoms with Crippen LogP contribution in [0.5, 0.6) is 0 Å². The molecule has 0 fully saturated rings. The predicted octanol–water partition coefficient (Wildman–Crippen LogP) is 4.46. The zero-order valence-electron chi connectivity index (χ0n) is 14.9. The summed E-state index contributed by atoms with van der Waals surface area (Å²) in [7, 11) is 0. The predicted molar refractivity (Wildman–Crippen MR) is 102 cm³/mol. The Bertz CT molecular complexity index is 826. The van der Waals surface area contributed by atoms with Crippen LogP contribution in [0.2, 0.25) is 0 Å². The van der Waals surface area contributed by atoms with Gasteiger partial charge < -0.3 is 9.47 Å². The second-order valence-electron chi connectivity index (χ2n) is 6.09. The molecule has 3 rings (SSSR count). The standard InChI is InChI=1S/C20H22N2O3S/c1-15(2)24-11-10-19(23)25-14-16-13-22(17-7-4-3-5-8-17)21-20(16)18-9-6-12-26-18/h3-9,12-13,15H,10-11,14H2,1-2H3. The number of ether oxygens (including phenoxy) is 2. The van der Waals surface area contributed by atoms with Gasteiger partial charge in [-0.25, -0.2) is 4.68 Å². The number of nitrogens with zero attached hydrogens (tertiary/aromatic N) is 2. The zero-order chi connectivity index (χ0) is 18.4. The van der Waals surface area contributed by atoms with Crippen molar-refractivity contribution in [2.75, 3.05) is 6.61 Å². The maximum Gasteiger partial charge on any atom is 0.308 e. The minimum absolute atomic E-state index is 0.109. The largest absolute Gasteiger partial charge is 0.461 e. The maximum absolute atomic E-state index is 11.9. The Hall–Kier alpha value is -2.44. The van der Waals surface area contributed by atoms with Crippen LogP contribution in [0, 0.1) is 0 Å². The van der Waals surface area contributed by atoms with Gasteiger partial charge in [0.25, 0.3) is 0 Å². The molecule has 2 aromatic heterocycles. The first kappa shape index (κ1) is 18.4. The second kappa shape index (κ2) is 8.78. The summed E-state index contributed by atoms with van der Waals surface area (Å²) >= 11 is 1.61. The number of carbonyl (C=O) groups excluding carboxylic acids is 1. The van der Waals surface area contributed by atoms with Gasteiger partial charge in [-0.15, -0.1) is 11.3 Å². The third kappa shape index (κ3) is 4.80. The highest BCUT2D eigenvalue weighted by molar-refractivity contribution is 7.13. The number of thiophene rings is 1. The number of aromatic nitrogens is 2. The monoisotopic (exact) mass is 370 g/mol. The first-order valence-corrected chi connectivity index (χ1v) is 9.46. The van der Waals surface area contributed by atoms with Crippen LogP contribution in [-0.2, 0) is 20.9 Å². The summed E-state index contributed by atoms with van der Waals surface area (Å²) < 4.78 is 12.6. The number of rotatable bonds is 8. The number of para-hydroxylation sites is 1. The fraction of sp³-hybridized carbons (Fsp3) is 0.300. The van der Waals surface area contributed by atoms with Crippen LogP contribution in [0.4, 0.5) is 0 Å². The Labute approximate surface area is 157 Å². The molecule has 1 aromatic carbocycles. The Morgan fingerprint density at radius 2 is 2.00 bits per heavy atom. The molecule has 0 saturated heterocycles. The molecule has 0 unspecified atom stereocenters. The van der Waals surface area contributed by atoms with E-state index in [0.717, 1.165) is 21.8 Å². The molecule has 0 N–H and O–H groups in total. The van der Waals surface area contributed by atoms with Crippen molar-refractivity contribution in [1.82, 2.24) is 9.78 Å². The Morgan fingerprint density at radius 1 is 1.19 bits per heavy atom. The summed E-state index contributed by atoms with van der Waals surface area (Å²) in [6.45, 7) is 4.45. The molecule has 0 atom stereocenters. The number of hydrogen-bond acceptors (Lipinski definition) is 5. The molecule has 0 aliphatic rings. The zero-order valence-corrected chi connectivity index (χ0v) is 15.7. The first-order valence-electron chi connectivity index (χ1n) is 8.58. The second-order valence-corrected chi connectivity index (χ2v) is 7.04. The van der Waals surface area contributed by atoms with Gasteiger partial charge in [-0.3, -0.25) is 4.79 Å². The molecule has 0 aliphatic carbocycles. The van der Waals surface area contributed by atoms with Crippen LogP contribution in [0.25, 0.3) is 16.3 Å². The number of esters is 1. The van der Waals surface area contributed by atoms with E-state index in [1.165, 1.54) is 0 Å². The minimum atomic E-state index is -0.268. The average molecular weight is 370 g/mol. The Kier molecular flexibility index (Phi) is 6.20. The van der Waals surface area contributed by atoms with Gasteiger partial charge in [-0.05, 0) is 37.4 Å².